The van der Waals surface area contributed by atoms with E-state index in [9.17, 15) is 0 Å². The number of alkyl halides is 6. The number of halogens is 8. The van der Waals surface area contributed by atoms with Gasteiger partial charge in [0.2, 0.25) is 0 Å². The van der Waals surface area contributed by atoms with Gasteiger partial charge in [-0.25, -0.2) is 0 Å². The Morgan fingerprint density at radius 2 is 0.872 bits per heavy atom. The first-order valence-corrected chi connectivity index (χ1v) is 13.6. The van der Waals surface area contributed by atoms with E-state index >= 15 is 26.3 Å². The Balaban J connectivity index is 2.01. The van der Waals surface area contributed by atoms with E-state index in [0.29, 0.717) is 31.2 Å². The van der Waals surface area contributed by atoms with Crippen LogP contribution in [-0.4, -0.2) is 5.92 Å². The van der Waals surface area contributed by atoms with Gasteiger partial charge in [0, 0.05) is 42.0 Å². The summed E-state index contributed by atoms with van der Waals surface area (Å²) in [5.41, 5.74) is -0.192. The van der Waals surface area contributed by atoms with Crippen LogP contribution < -0.4 is 0 Å². The van der Waals surface area contributed by atoms with E-state index in [1.54, 1.807) is 86.6 Å². The van der Waals surface area contributed by atoms with Crippen molar-refractivity contribution in [2.75, 3.05) is 0 Å². The van der Waals surface area contributed by atoms with Crippen LogP contribution in [0, 0.1) is 13.8 Å². The molecule has 8 heteroatoms. The lowest BCUT2D eigenvalue weighted by molar-refractivity contribution is -0.301. The maximum Gasteiger partial charge on any atom is 0.380 e. The molecule has 0 atom stereocenters. The molecule has 0 unspecified atom stereocenters. The minimum Gasteiger partial charge on any atom is -0.194 e. The maximum absolute atomic E-state index is 15.9. The van der Waals surface area contributed by atoms with Crippen LogP contribution in [0.5, 0.6) is 0 Å². The van der Waals surface area contributed by atoms with Gasteiger partial charge in [0.15, 0.2) is 0 Å². The normalized spacial score (nSPS) is 17.1. The van der Waals surface area contributed by atoms with Gasteiger partial charge in [-0.3, -0.25) is 0 Å². The van der Waals surface area contributed by atoms with Gasteiger partial charge in [0.05, 0.1) is 0 Å². The Labute approximate surface area is 236 Å². The van der Waals surface area contributed by atoms with E-state index < -0.39 is 28.9 Å². The van der Waals surface area contributed by atoms with Crippen LogP contribution in [0.3, 0.4) is 0 Å². The molecule has 0 saturated heterocycles. The van der Waals surface area contributed by atoms with Crippen molar-refractivity contribution < 1.29 is 26.3 Å². The molecular formula is C31H18Br2F6. The Kier molecular flexibility index (Phi) is 5.80. The van der Waals surface area contributed by atoms with Crippen molar-refractivity contribution in [2.24, 2.45) is 0 Å². The zero-order chi connectivity index (χ0) is 28.1. The number of benzene rings is 5. The highest BCUT2D eigenvalue weighted by molar-refractivity contribution is 9.11. The second kappa shape index (κ2) is 8.58. The highest BCUT2D eigenvalue weighted by Crippen LogP contribution is 2.67. The molecule has 0 N–H and O–H groups in total. The first kappa shape index (κ1) is 26.4. The van der Waals surface area contributed by atoms with Gasteiger partial charge in [0.25, 0.3) is 0 Å². The van der Waals surface area contributed by atoms with E-state index in [0.717, 1.165) is 0 Å². The van der Waals surface area contributed by atoms with Crippen molar-refractivity contribution in [1.82, 2.24) is 0 Å². The van der Waals surface area contributed by atoms with Crippen molar-refractivity contribution >= 4 is 53.4 Å². The molecule has 198 valence electrons. The van der Waals surface area contributed by atoms with Crippen molar-refractivity contribution in [1.29, 1.82) is 0 Å². The fourth-order valence-corrected chi connectivity index (χ4v) is 6.76. The average Bonchev–Trinajstić information content (AvgIpc) is 3.01. The molecule has 0 nitrogen and oxygen atoms in total. The standard InChI is InChI=1S/C31H18Br2F6/c1-15-13-19-20-14-16(2)28(33)22(18-11-7-4-8-12-18)24(20)26-25(29(34,35)31(38,39)30(26,36)37)23(19)21(27(15)32)17-9-5-3-6-10-17/h3-14H,1-2H3. The van der Waals surface area contributed by atoms with Crippen LogP contribution in [0.2, 0.25) is 0 Å². The summed E-state index contributed by atoms with van der Waals surface area (Å²) in [6.45, 7) is 3.50. The maximum atomic E-state index is 15.9. The lowest BCUT2D eigenvalue weighted by atomic mass is 9.83. The first-order valence-electron chi connectivity index (χ1n) is 12.0. The summed E-state index contributed by atoms with van der Waals surface area (Å²) in [7, 11) is 0. The van der Waals surface area contributed by atoms with Gasteiger partial charge in [0.1, 0.15) is 0 Å². The van der Waals surface area contributed by atoms with Crippen LogP contribution >= 0.6 is 31.9 Å². The lowest BCUT2D eigenvalue weighted by Crippen LogP contribution is -2.43. The number of aryl methyl sites for hydroxylation is 2. The second-order valence-electron chi connectivity index (χ2n) is 9.82. The zero-order valence-electron chi connectivity index (χ0n) is 20.5. The molecule has 0 amide bonds. The molecule has 1 aliphatic rings. The third-order valence-corrected chi connectivity index (χ3v) is 9.52. The van der Waals surface area contributed by atoms with Crippen LogP contribution in [0.1, 0.15) is 22.3 Å². The molecule has 0 aromatic heterocycles. The Morgan fingerprint density at radius 1 is 0.538 bits per heavy atom. The molecule has 0 radical (unpaired) electrons. The molecule has 1 aliphatic carbocycles. The molecular weight excluding hydrogens is 646 g/mol. The predicted octanol–water partition coefficient (Wildman–Crippen LogP) is 11.3. The molecule has 0 aliphatic heterocycles. The molecule has 5 aromatic carbocycles. The number of fused-ring (bicyclic) bond motifs is 6. The predicted molar refractivity (Wildman–Crippen MR) is 150 cm³/mol. The largest absolute Gasteiger partial charge is 0.380 e. The zero-order valence-corrected chi connectivity index (χ0v) is 23.6. The minimum atomic E-state index is -5.65. The quantitative estimate of drug-likeness (QED) is 0.130. The number of hydrogen-bond acceptors (Lipinski definition) is 0. The van der Waals surface area contributed by atoms with Gasteiger partial charge < -0.3 is 0 Å². The van der Waals surface area contributed by atoms with E-state index in [4.69, 9.17) is 0 Å². The molecule has 39 heavy (non-hydrogen) atoms. The Bertz CT molecular complexity index is 1680. The minimum absolute atomic E-state index is 0.166. The summed E-state index contributed by atoms with van der Waals surface area (Å²) in [5, 5.41) is -0.235. The third-order valence-electron chi connectivity index (χ3n) is 7.47. The van der Waals surface area contributed by atoms with Crippen molar-refractivity contribution in [3.05, 3.63) is 104 Å². The average molecular weight is 664 g/mol. The topological polar surface area (TPSA) is 0 Å². The summed E-state index contributed by atoms with van der Waals surface area (Å²) in [5.74, 6) is -16.0. The van der Waals surface area contributed by atoms with E-state index in [-0.39, 0.29) is 32.7 Å². The lowest BCUT2D eigenvalue weighted by Gasteiger charge is -2.24. The van der Waals surface area contributed by atoms with Crippen molar-refractivity contribution in [3.8, 4) is 22.3 Å². The fourth-order valence-electron chi connectivity index (χ4n) is 5.67. The molecule has 0 heterocycles. The summed E-state index contributed by atoms with van der Waals surface area (Å²) in [4.78, 5) is 0. The number of hydrogen-bond donors (Lipinski definition) is 0. The Morgan fingerprint density at radius 3 is 1.21 bits per heavy atom. The Hall–Kier alpha value is -2.84. The fraction of sp³-hybridized carbons (Fsp3) is 0.161. The summed E-state index contributed by atoms with van der Waals surface area (Å²) in [6.07, 6.45) is 0. The van der Waals surface area contributed by atoms with Gasteiger partial charge >= 0.3 is 17.8 Å². The van der Waals surface area contributed by atoms with Crippen LogP contribution in [-0.2, 0) is 11.8 Å². The van der Waals surface area contributed by atoms with Gasteiger partial charge in [-0.15, -0.1) is 0 Å². The summed E-state index contributed by atoms with van der Waals surface area (Å²) in [6, 6.07) is 19.9. The molecule has 0 bridgehead atoms. The van der Waals surface area contributed by atoms with E-state index in [2.05, 4.69) is 31.9 Å². The van der Waals surface area contributed by atoms with Gasteiger partial charge in [-0.1, -0.05) is 60.7 Å². The third kappa shape index (κ3) is 3.37. The van der Waals surface area contributed by atoms with Crippen LogP contribution in [0.25, 0.3) is 43.8 Å². The smallest absolute Gasteiger partial charge is 0.194 e. The van der Waals surface area contributed by atoms with Gasteiger partial charge in [-0.2, -0.15) is 26.3 Å². The van der Waals surface area contributed by atoms with Gasteiger partial charge in [-0.05, 0) is 90.9 Å². The second-order valence-corrected chi connectivity index (χ2v) is 11.4. The highest BCUT2D eigenvalue weighted by Gasteiger charge is 2.80. The van der Waals surface area contributed by atoms with E-state index in [1.165, 1.54) is 0 Å². The van der Waals surface area contributed by atoms with Crippen molar-refractivity contribution in [2.45, 2.75) is 31.6 Å². The van der Waals surface area contributed by atoms with Crippen LogP contribution in [0.4, 0.5) is 26.3 Å². The first-order chi connectivity index (χ1) is 18.3. The molecule has 0 spiro atoms. The molecule has 0 fully saturated rings. The summed E-state index contributed by atoms with van der Waals surface area (Å²) < 4.78 is 94.7. The number of rotatable bonds is 2. The van der Waals surface area contributed by atoms with Crippen molar-refractivity contribution in [3.63, 3.8) is 0 Å². The van der Waals surface area contributed by atoms with E-state index in [1.807, 2.05) is 0 Å². The molecule has 5 aromatic rings. The molecule has 0 saturated carbocycles. The molecule has 6 rings (SSSR count). The van der Waals surface area contributed by atoms with Crippen LogP contribution in [0.15, 0.2) is 81.7 Å². The monoisotopic (exact) mass is 662 g/mol. The SMILES string of the molecule is Cc1cc2c(c(-c3ccccc3)c1Br)c1c(c3c(-c4ccccc4)c(Br)c(C)cc32)C(F)(F)C(F)(F)C1(F)F. The highest BCUT2D eigenvalue weighted by atomic mass is 79.9. The summed E-state index contributed by atoms with van der Waals surface area (Å²) >= 11 is 6.91.